The van der Waals surface area contributed by atoms with E-state index in [9.17, 15) is 4.79 Å². The van der Waals surface area contributed by atoms with Gasteiger partial charge in [0, 0.05) is 11.5 Å². The van der Waals surface area contributed by atoms with E-state index in [-0.39, 0.29) is 0 Å². The molecule has 0 radical (unpaired) electrons. The minimum absolute atomic E-state index is 0.429. The highest BCUT2D eigenvalue weighted by molar-refractivity contribution is 7.98. The molecule has 0 unspecified atom stereocenters. The molecule has 0 aliphatic carbocycles. The Kier molecular flexibility index (Phi) is 5.08. The van der Waals surface area contributed by atoms with Crippen LogP contribution in [0.5, 0.6) is 0 Å². The second kappa shape index (κ2) is 6.35. The number of hydrogen-bond donors (Lipinski definition) is 2. The Morgan fingerprint density at radius 1 is 1.50 bits per heavy atom. The zero-order valence-electron chi connectivity index (χ0n) is 8.93. The van der Waals surface area contributed by atoms with Gasteiger partial charge < -0.3 is 10.8 Å². The Morgan fingerprint density at radius 2 is 2.12 bits per heavy atom. The Bertz CT molecular complexity index is 362. The van der Waals surface area contributed by atoms with Crippen LogP contribution in [0.4, 0.5) is 0 Å². The van der Waals surface area contributed by atoms with Crippen LogP contribution in [0.2, 0.25) is 0 Å². The minimum Gasteiger partial charge on any atom is -0.480 e. The van der Waals surface area contributed by atoms with E-state index in [0.29, 0.717) is 5.75 Å². The third-order valence-corrected chi connectivity index (χ3v) is 3.23. The normalized spacial score (nSPS) is 12.1. The molecule has 86 valence electrons. The van der Waals surface area contributed by atoms with Gasteiger partial charge in [0.1, 0.15) is 6.04 Å². The fourth-order valence-corrected chi connectivity index (χ4v) is 2.07. The molecule has 1 atom stereocenters. The summed E-state index contributed by atoms with van der Waals surface area (Å²) in [6.45, 7) is 3.68. The lowest BCUT2D eigenvalue weighted by molar-refractivity contribution is -0.137. The van der Waals surface area contributed by atoms with Crippen molar-refractivity contribution in [2.45, 2.75) is 11.8 Å². The van der Waals surface area contributed by atoms with Gasteiger partial charge >= 0.3 is 5.97 Å². The molecule has 0 aliphatic heterocycles. The Hall–Kier alpha value is -1.26. The van der Waals surface area contributed by atoms with Gasteiger partial charge in [0.05, 0.1) is 0 Å². The molecule has 0 heterocycles. The first kappa shape index (κ1) is 12.8. The van der Waals surface area contributed by atoms with Crippen molar-refractivity contribution in [2.75, 3.05) is 5.75 Å². The van der Waals surface area contributed by atoms with Gasteiger partial charge in [-0.05, 0) is 11.1 Å². The summed E-state index contributed by atoms with van der Waals surface area (Å²) in [5, 5.41) is 8.60. The molecule has 0 saturated heterocycles. The maximum atomic E-state index is 10.5. The van der Waals surface area contributed by atoms with Gasteiger partial charge in [-0.3, -0.25) is 4.79 Å². The summed E-state index contributed by atoms with van der Waals surface area (Å²) in [5.74, 6) is 0.256. The lowest BCUT2D eigenvalue weighted by atomic mass is 10.1. The fraction of sp³-hybridized carbons (Fsp3) is 0.250. The molecule has 0 saturated carbocycles. The number of benzene rings is 1. The summed E-state index contributed by atoms with van der Waals surface area (Å²) in [6.07, 6.45) is 1.79. The van der Waals surface area contributed by atoms with E-state index in [1.165, 1.54) is 11.8 Å². The van der Waals surface area contributed by atoms with Gasteiger partial charge in [0.2, 0.25) is 0 Å². The van der Waals surface area contributed by atoms with Crippen LogP contribution in [-0.2, 0) is 10.5 Å². The van der Waals surface area contributed by atoms with Crippen molar-refractivity contribution < 1.29 is 9.90 Å². The quantitative estimate of drug-likeness (QED) is 0.794. The predicted octanol–water partition coefficient (Wildman–Crippen LogP) is 1.97. The van der Waals surface area contributed by atoms with Gasteiger partial charge in [0.15, 0.2) is 0 Å². The van der Waals surface area contributed by atoms with Crippen molar-refractivity contribution in [3.63, 3.8) is 0 Å². The van der Waals surface area contributed by atoms with E-state index in [0.717, 1.165) is 16.9 Å². The van der Waals surface area contributed by atoms with Gasteiger partial charge in [-0.15, -0.1) is 0 Å². The number of carboxylic acid groups (broad SMARTS) is 1. The molecule has 0 fully saturated rings. The zero-order chi connectivity index (χ0) is 12.0. The number of hydrogen-bond acceptors (Lipinski definition) is 3. The maximum absolute atomic E-state index is 10.5. The zero-order valence-corrected chi connectivity index (χ0v) is 9.74. The summed E-state index contributed by atoms with van der Waals surface area (Å²) in [4.78, 5) is 10.5. The van der Waals surface area contributed by atoms with Crippen molar-refractivity contribution >= 4 is 23.8 Å². The van der Waals surface area contributed by atoms with Crippen LogP contribution in [0.1, 0.15) is 11.1 Å². The molecule has 4 heteroatoms. The molecule has 1 rings (SSSR count). The van der Waals surface area contributed by atoms with Crippen molar-refractivity contribution in [3.8, 4) is 0 Å². The van der Waals surface area contributed by atoms with E-state index in [1.807, 2.05) is 24.3 Å². The average Bonchev–Trinajstić information content (AvgIpc) is 2.29. The number of thioether (sulfide) groups is 1. The number of carboxylic acids is 1. The standard InChI is InChI=1S/C12H15NO2S/c1-2-9-3-5-10(6-4-9)7-16-8-11(13)12(14)15/h2-6,11H,1,7-8,13H2,(H,14,15)/t11-/m0/s1. The van der Waals surface area contributed by atoms with Gasteiger partial charge in [0.25, 0.3) is 0 Å². The molecule has 0 spiro atoms. The lowest BCUT2D eigenvalue weighted by Gasteiger charge is -2.06. The van der Waals surface area contributed by atoms with Crippen molar-refractivity contribution in [1.82, 2.24) is 0 Å². The first-order valence-electron chi connectivity index (χ1n) is 4.91. The number of carbonyl (C=O) groups is 1. The SMILES string of the molecule is C=Cc1ccc(CSC[C@H](N)C(=O)O)cc1. The van der Waals surface area contributed by atoms with Gasteiger partial charge in [-0.1, -0.05) is 36.9 Å². The third kappa shape index (κ3) is 4.08. The van der Waals surface area contributed by atoms with E-state index in [1.54, 1.807) is 6.08 Å². The van der Waals surface area contributed by atoms with Crippen LogP contribution in [0, 0.1) is 0 Å². The summed E-state index contributed by atoms with van der Waals surface area (Å²) < 4.78 is 0. The minimum atomic E-state index is -0.950. The molecule has 1 aromatic carbocycles. The first-order chi connectivity index (χ1) is 7.63. The average molecular weight is 237 g/mol. The Morgan fingerprint density at radius 3 is 2.62 bits per heavy atom. The van der Waals surface area contributed by atoms with E-state index in [4.69, 9.17) is 10.8 Å². The van der Waals surface area contributed by atoms with Crippen LogP contribution in [-0.4, -0.2) is 22.9 Å². The topological polar surface area (TPSA) is 63.3 Å². The molecule has 0 aliphatic rings. The van der Waals surface area contributed by atoms with Crippen molar-refractivity contribution in [1.29, 1.82) is 0 Å². The number of nitrogens with two attached hydrogens (primary N) is 1. The van der Waals surface area contributed by atoms with Gasteiger partial charge in [-0.2, -0.15) is 11.8 Å². The summed E-state index contributed by atoms with van der Waals surface area (Å²) >= 11 is 1.52. The summed E-state index contributed by atoms with van der Waals surface area (Å²) in [6, 6.07) is 7.21. The van der Waals surface area contributed by atoms with E-state index >= 15 is 0 Å². The highest BCUT2D eigenvalue weighted by Gasteiger charge is 2.10. The predicted molar refractivity (Wildman–Crippen MR) is 68.3 cm³/mol. The molecule has 16 heavy (non-hydrogen) atoms. The third-order valence-electron chi connectivity index (χ3n) is 2.10. The molecule has 0 aromatic heterocycles. The van der Waals surface area contributed by atoms with E-state index < -0.39 is 12.0 Å². The Labute approximate surface area is 99.4 Å². The smallest absolute Gasteiger partial charge is 0.321 e. The van der Waals surface area contributed by atoms with Crippen LogP contribution in [0.15, 0.2) is 30.8 Å². The summed E-state index contributed by atoms with van der Waals surface area (Å²) in [7, 11) is 0. The molecular weight excluding hydrogens is 222 g/mol. The maximum Gasteiger partial charge on any atom is 0.321 e. The highest BCUT2D eigenvalue weighted by atomic mass is 32.2. The van der Waals surface area contributed by atoms with Crippen molar-refractivity contribution in [2.24, 2.45) is 5.73 Å². The molecule has 3 nitrogen and oxygen atoms in total. The van der Waals surface area contributed by atoms with Crippen LogP contribution >= 0.6 is 11.8 Å². The summed E-state index contributed by atoms with van der Waals surface area (Å²) in [5.41, 5.74) is 7.63. The van der Waals surface area contributed by atoms with Gasteiger partial charge in [-0.25, -0.2) is 0 Å². The van der Waals surface area contributed by atoms with Crippen LogP contribution in [0.3, 0.4) is 0 Å². The second-order valence-corrected chi connectivity index (χ2v) is 4.44. The molecule has 0 amide bonds. The van der Waals surface area contributed by atoms with E-state index in [2.05, 4.69) is 6.58 Å². The first-order valence-corrected chi connectivity index (χ1v) is 6.06. The largest absolute Gasteiger partial charge is 0.480 e. The van der Waals surface area contributed by atoms with Crippen LogP contribution in [0.25, 0.3) is 6.08 Å². The Balaban J connectivity index is 2.37. The highest BCUT2D eigenvalue weighted by Crippen LogP contribution is 2.14. The lowest BCUT2D eigenvalue weighted by Crippen LogP contribution is -2.32. The monoisotopic (exact) mass is 237 g/mol. The van der Waals surface area contributed by atoms with Crippen LogP contribution < -0.4 is 5.73 Å². The molecule has 0 bridgehead atoms. The number of aliphatic carboxylic acids is 1. The number of rotatable bonds is 6. The fourth-order valence-electron chi connectivity index (χ4n) is 1.12. The molecular formula is C12H15NO2S. The second-order valence-electron chi connectivity index (χ2n) is 3.41. The molecule has 1 aromatic rings. The van der Waals surface area contributed by atoms with Crippen molar-refractivity contribution in [3.05, 3.63) is 42.0 Å². The molecule has 3 N–H and O–H groups in total.